The van der Waals surface area contributed by atoms with Gasteiger partial charge in [-0.3, -0.25) is 0 Å². The Labute approximate surface area is 156 Å². The van der Waals surface area contributed by atoms with Crippen LogP contribution in [0.1, 0.15) is 37.0 Å². The monoisotopic (exact) mass is 336 g/mol. The molecule has 0 nitrogen and oxygen atoms in total. The van der Waals surface area contributed by atoms with Crippen LogP contribution in [0.15, 0.2) is 103 Å². The zero-order valence-corrected chi connectivity index (χ0v) is 15.4. The lowest BCUT2D eigenvalue weighted by Gasteiger charge is -2.34. The normalized spacial score (nSPS) is 15.1. The Balaban J connectivity index is 2.18. The third-order valence-electron chi connectivity index (χ3n) is 5.36. The summed E-state index contributed by atoms with van der Waals surface area (Å²) in [4.78, 5) is 0. The molecule has 0 heteroatoms. The third kappa shape index (κ3) is 2.29. The number of hydrogen-bond donors (Lipinski definition) is 0. The zero-order valence-electron chi connectivity index (χ0n) is 15.4. The number of rotatable bonds is 4. The summed E-state index contributed by atoms with van der Waals surface area (Å²) in [6, 6.07) is 28.7. The van der Waals surface area contributed by atoms with E-state index in [1.54, 1.807) is 0 Å². The summed E-state index contributed by atoms with van der Waals surface area (Å²) in [5, 5.41) is 0. The lowest BCUT2D eigenvalue weighted by atomic mass is 9.67. The first-order valence-corrected chi connectivity index (χ1v) is 9.42. The highest BCUT2D eigenvalue weighted by molar-refractivity contribution is 5.86. The van der Waals surface area contributed by atoms with Gasteiger partial charge in [0.15, 0.2) is 0 Å². The number of fused-ring (bicyclic) bond motifs is 3. The molecule has 0 saturated heterocycles. The third-order valence-corrected chi connectivity index (χ3v) is 5.36. The van der Waals surface area contributed by atoms with E-state index in [1.165, 1.54) is 33.4 Å². The van der Waals surface area contributed by atoms with E-state index in [1.807, 2.05) is 0 Å². The predicted octanol–water partition coefficient (Wildman–Crippen LogP) is 6.91. The molecule has 128 valence electrons. The van der Waals surface area contributed by atoms with E-state index < -0.39 is 0 Å². The van der Waals surface area contributed by atoms with Crippen LogP contribution in [0.5, 0.6) is 0 Å². The van der Waals surface area contributed by atoms with Gasteiger partial charge in [-0.05, 0) is 46.7 Å². The van der Waals surface area contributed by atoms with Gasteiger partial charge in [-0.2, -0.15) is 0 Å². The van der Waals surface area contributed by atoms with Gasteiger partial charge in [-0.15, -0.1) is 0 Å². The number of allylic oxidation sites excluding steroid dienone is 4. The van der Waals surface area contributed by atoms with Crippen LogP contribution in [-0.4, -0.2) is 0 Å². The molecule has 0 amide bonds. The quantitative estimate of drug-likeness (QED) is 0.454. The second-order valence-corrected chi connectivity index (χ2v) is 6.77. The van der Waals surface area contributed by atoms with E-state index in [-0.39, 0.29) is 5.41 Å². The number of benzene rings is 3. The average molecular weight is 336 g/mol. The standard InChI is InChI=1S/C26H24/c1-3-12-20(13-4-2)26(21-14-6-5-7-15-21)24-18-10-8-16-22(24)23-17-9-11-19-25(23)26/h3,5-19H,4H2,1-2H3/b12-3-,20-13+. The lowest BCUT2D eigenvalue weighted by Crippen LogP contribution is -2.29. The minimum atomic E-state index is -0.253. The van der Waals surface area contributed by atoms with Crippen LogP contribution >= 0.6 is 0 Å². The van der Waals surface area contributed by atoms with Crippen LogP contribution in [0, 0.1) is 0 Å². The second kappa shape index (κ2) is 6.80. The van der Waals surface area contributed by atoms with Crippen molar-refractivity contribution in [2.45, 2.75) is 25.7 Å². The molecular weight excluding hydrogens is 312 g/mol. The fourth-order valence-corrected chi connectivity index (χ4v) is 4.46. The molecule has 3 aromatic rings. The molecule has 3 aromatic carbocycles. The maximum absolute atomic E-state index is 2.38. The molecule has 0 fully saturated rings. The van der Waals surface area contributed by atoms with Gasteiger partial charge in [0.25, 0.3) is 0 Å². The van der Waals surface area contributed by atoms with Crippen molar-refractivity contribution in [1.29, 1.82) is 0 Å². The number of hydrogen-bond acceptors (Lipinski definition) is 0. The minimum absolute atomic E-state index is 0.253. The van der Waals surface area contributed by atoms with E-state index >= 15 is 0 Å². The van der Waals surface area contributed by atoms with E-state index in [0.717, 1.165) is 6.42 Å². The molecule has 0 saturated carbocycles. The second-order valence-electron chi connectivity index (χ2n) is 6.77. The van der Waals surface area contributed by atoms with E-state index in [4.69, 9.17) is 0 Å². The van der Waals surface area contributed by atoms with Crippen molar-refractivity contribution >= 4 is 0 Å². The van der Waals surface area contributed by atoms with Crippen molar-refractivity contribution in [1.82, 2.24) is 0 Å². The molecule has 1 aliphatic rings. The molecule has 4 rings (SSSR count). The highest BCUT2D eigenvalue weighted by Gasteiger charge is 2.46. The van der Waals surface area contributed by atoms with E-state index in [2.05, 4.69) is 111 Å². The van der Waals surface area contributed by atoms with Crippen LogP contribution in [0.25, 0.3) is 11.1 Å². The smallest absolute Gasteiger partial charge is 0.0710 e. The van der Waals surface area contributed by atoms with Gasteiger partial charge in [0, 0.05) is 0 Å². The Kier molecular flexibility index (Phi) is 4.34. The Morgan fingerprint density at radius 2 is 1.31 bits per heavy atom. The lowest BCUT2D eigenvalue weighted by molar-refractivity contribution is 0.761. The van der Waals surface area contributed by atoms with Crippen molar-refractivity contribution in [2.24, 2.45) is 0 Å². The summed E-state index contributed by atoms with van der Waals surface area (Å²) in [6.45, 7) is 4.32. The molecule has 26 heavy (non-hydrogen) atoms. The van der Waals surface area contributed by atoms with Crippen LogP contribution in [0.2, 0.25) is 0 Å². The van der Waals surface area contributed by atoms with Crippen LogP contribution in [0.3, 0.4) is 0 Å². The molecular formula is C26H24. The van der Waals surface area contributed by atoms with Gasteiger partial charge >= 0.3 is 0 Å². The topological polar surface area (TPSA) is 0 Å². The predicted molar refractivity (Wildman–Crippen MR) is 111 cm³/mol. The molecule has 0 aliphatic heterocycles. The molecule has 0 radical (unpaired) electrons. The van der Waals surface area contributed by atoms with Crippen molar-refractivity contribution in [3.05, 3.63) is 119 Å². The molecule has 0 unspecified atom stereocenters. The Morgan fingerprint density at radius 3 is 1.85 bits per heavy atom. The summed E-state index contributed by atoms with van der Waals surface area (Å²) in [7, 11) is 0. The highest BCUT2D eigenvalue weighted by Crippen LogP contribution is 2.56. The van der Waals surface area contributed by atoms with Crippen molar-refractivity contribution in [2.75, 3.05) is 0 Å². The molecule has 0 bridgehead atoms. The summed E-state index contributed by atoms with van der Waals surface area (Å²) in [5.74, 6) is 0. The average Bonchev–Trinajstić information content (AvgIpc) is 3.00. The van der Waals surface area contributed by atoms with Gasteiger partial charge in [0.1, 0.15) is 0 Å². The highest BCUT2D eigenvalue weighted by atomic mass is 14.5. The van der Waals surface area contributed by atoms with Gasteiger partial charge in [0.2, 0.25) is 0 Å². The Morgan fingerprint density at radius 1 is 0.769 bits per heavy atom. The summed E-state index contributed by atoms with van der Waals surface area (Å²) >= 11 is 0. The maximum atomic E-state index is 2.38. The van der Waals surface area contributed by atoms with Crippen molar-refractivity contribution in [3.8, 4) is 11.1 Å². The van der Waals surface area contributed by atoms with Gasteiger partial charge in [-0.1, -0.05) is 104 Å². The first kappa shape index (κ1) is 16.6. The van der Waals surface area contributed by atoms with Gasteiger partial charge in [-0.25, -0.2) is 0 Å². The van der Waals surface area contributed by atoms with E-state index in [0.29, 0.717) is 0 Å². The summed E-state index contributed by atoms with van der Waals surface area (Å²) in [5.41, 5.74) is 7.88. The molecule has 0 N–H and O–H groups in total. The Hall–Kier alpha value is -2.86. The molecule has 0 aromatic heterocycles. The van der Waals surface area contributed by atoms with Crippen molar-refractivity contribution < 1.29 is 0 Å². The first-order valence-electron chi connectivity index (χ1n) is 9.42. The fraction of sp³-hybridized carbons (Fsp3) is 0.154. The first-order chi connectivity index (χ1) is 12.8. The Bertz CT molecular complexity index is 928. The summed E-state index contributed by atoms with van der Waals surface area (Å²) in [6.07, 6.45) is 7.84. The fourth-order valence-electron chi connectivity index (χ4n) is 4.46. The van der Waals surface area contributed by atoms with Crippen LogP contribution < -0.4 is 0 Å². The molecule has 1 aliphatic carbocycles. The largest absolute Gasteiger partial charge is 0.0873 e. The zero-order chi connectivity index (χ0) is 18.0. The minimum Gasteiger partial charge on any atom is -0.0873 e. The maximum Gasteiger partial charge on any atom is 0.0710 e. The van der Waals surface area contributed by atoms with Gasteiger partial charge in [0.05, 0.1) is 5.41 Å². The summed E-state index contributed by atoms with van der Waals surface area (Å²) < 4.78 is 0. The molecule has 0 spiro atoms. The van der Waals surface area contributed by atoms with E-state index in [9.17, 15) is 0 Å². The van der Waals surface area contributed by atoms with Crippen LogP contribution in [0.4, 0.5) is 0 Å². The van der Waals surface area contributed by atoms with Crippen LogP contribution in [-0.2, 0) is 5.41 Å². The molecule has 0 atom stereocenters. The van der Waals surface area contributed by atoms with Crippen molar-refractivity contribution in [3.63, 3.8) is 0 Å². The SMILES string of the molecule is C/C=C\C(=C/CC)C1(c2ccccc2)c2ccccc2-c2ccccc21. The molecule has 0 heterocycles. The van der Waals surface area contributed by atoms with Gasteiger partial charge < -0.3 is 0 Å².